The molecule has 0 bridgehead atoms. The van der Waals surface area contributed by atoms with Gasteiger partial charge in [-0.3, -0.25) is 0 Å². The van der Waals surface area contributed by atoms with Crippen LogP contribution in [0.15, 0.2) is 85.5 Å². The number of imidazole rings is 4. The summed E-state index contributed by atoms with van der Waals surface area (Å²) >= 11 is 0. The van der Waals surface area contributed by atoms with Gasteiger partial charge in [0, 0.05) is 36.2 Å². The van der Waals surface area contributed by atoms with Gasteiger partial charge in [0.05, 0.1) is 34.7 Å². The zero-order chi connectivity index (χ0) is 22.2. The summed E-state index contributed by atoms with van der Waals surface area (Å²) < 4.78 is 3.92. The average Bonchev–Trinajstić information content (AvgIpc) is 3.62. The highest BCUT2D eigenvalue weighted by atomic mass is 15.0. The van der Waals surface area contributed by atoms with Gasteiger partial charge < -0.3 is 19.1 Å². The van der Waals surface area contributed by atoms with Gasteiger partial charge in [0.25, 0.3) is 0 Å². The highest BCUT2D eigenvalue weighted by molar-refractivity contribution is 5.80. The van der Waals surface area contributed by atoms with Crippen LogP contribution < -0.4 is 0 Å². The Morgan fingerprint density at radius 3 is 1.94 bits per heavy atom. The molecule has 8 heteroatoms. The lowest BCUT2D eigenvalue weighted by atomic mass is 10.2. The summed E-state index contributed by atoms with van der Waals surface area (Å²) in [5.41, 5.74) is 6.92. The Hall–Kier alpha value is -4.72. The fourth-order valence-electron chi connectivity index (χ4n) is 3.79. The van der Waals surface area contributed by atoms with Crippen LogP contribution in [0.3, 0.4) is 0 Å². The first-order valence-corrected chi connectivity index (χ1v) is 10.5. The highest BCUT2D eigenvalue weighted by Crippen LogP contribution is 2.19. The first kappa shape index (κ1) is 19.0. The second-order valence-corrected chi connectivity index (χ2v) is 7.81. The molecular formula is C25H20N8. The van der Waals surface area contributed by atoms with Crippen molar-refractivity contribution in [1.82, 2.24) is 39.0 Å². The molecule has 2 N–H and O–H groups in total. The number of aromatic nitrogens is 8. The van der Waals surface area contributed by atoms with Gasteiger partial charge >= 0.3 is 0 Å². The van der Waals surface area contributed by atoms with Crippen LogP contribution in [0, 0.1) is 0 Å². The molecule has 0 unspecified atom stereocenters. The summed E-state index contributed by atoms with van der Waals surface area (Å²) in [6.45, 7) is 2.04. The molecule has 0 radical (unpaired) electrons. The molecule has 8 nitrogen and oxygen atoms in total. The molecule has 0 saturated heterocycles. The SMILES string of the molecule is CC(C=Cc1nc2cc(-n3ccnc3)ccc2[nH]1)=Cc1nc2cc(-n3ccnc3)ccc2[nH]1. The minimum Gasteiger partial charge on any atom is -0.338 e. The molecule has 0 amide bonds. The van der Waals surface area contributed by atoms with E-state index in [0.717, 1.165) is 50.7 Å². The lowest BCUT2D eigenvalue weighted by Crippen LogP contribution is -1.88. The van der Waals surface area contributed by atoms with E-state index in [9.17, 15) is 0 Å². The number of allylic oxidation sites excluding steroid dienone is 2. The van der Waals surface area contributed by atoms with Crippen molar-refractivity contribution in [3.05, 3.63) is 97.1 Å². The van der Waals surface area contributed by atoms with Crippen LogP contribution in [0.25, 0.3) is 45.6 Å². The van der Waals surface area contributed by atoms with Gasteiger partial charge in [-0.1, -0.05) is 6.08 Å². The predicted molar refractivity (Wildman–Crippen MR) is 129 cm³/mol. The fourth-order valence-corrected chi connectivity index (χ4v) is 3.79. The molecule has 0 atom stereocenters. The van der Waals surface area contributed by atoms with E-state index >= 15 is 0 Å². The number of benzene rings is 2. The van der Waals surface area contributed by atoms with Crippen molar-refractivity contribution in [2.45, 2.75) is 6.92 Å². The summed E-state index contributed by atoms with van der Waals surface area (Å²) in [5, 5.41) is 0. The van der Waals surface area contributed by atoms with E-state index in [1.54, 1.807) is 25.0 Å². The number of fused-ring (bicyclic) bond motifs is 2. The normalized spacial score (nSPS) is 12.5. The van der Waals surface area contributed by atoms with E-state index in [0.29, 0.717) is 0 Å². The van der Waals surface area contributed by atoms with Crippen molar-refractivity contribution in [1.29, 1.82) is 0 Å². The molecule has 160 valence electrons. The maximum Gasteiger partial charge on any atom is 0.131 e. The number of nitrogens with one attached hydrogen (secondary N) is 2. The van der Waals surface area contributed by atoms with Crippen LogP contribution in [-0.4, -0.2) is 39.0 Å². The number of rotatable bonds is 5. The first-order chi connectivity index (χ1) is 16.2. The number of hydrogen-bond acceptors (Lipinski definition) is 4. The highest BCUT2D eigenvalue weighted by Gasteiger charge is 2.05. The van der Waals surface area contributed by atoms with Gasteiger partial charge in [0.2, 0.25) is 0 Å². The third kappa shape index (κ3) is 3.74. The summed E-state index contributed by atoms with van der Waals surface area (Å²) in [6.07, 6.45) is 16.9. The van der Waals surface area contributed by atoms with Gasteiger partial charge in [-0.15, -0.1) is 0 Å². The van der Waals surface area contributed by atoms with Crippen LogP contribution in [0.2, 0.25) is 0 Å². The summed E-state index contributed by atoms with van der Waals surface area (Å²) in [5.74, 6) is 1.61. The molecule has 0 aliphatic rings. The zero-order valence-corrected chi connectivity index (χ0v) is 17.8. The first-order valence-electron chi connectivity index (χ1n) is 10.5. The molecule has 33 heavy (non-hydrogen) atoms. The van der Waals surface area contributed by atoms with Gasteiger partial charge in [-0.25, -0.2) is 19.9 Å². The van der Waals surface area contributed by atoms with Crippen LogP contribution in [0.1, 0.15) is 18.6 Å². The largest absolute Gasteiger partial charge is 0.338 e. The van der Waals surface area contributed by atoms with Crippen LogP contribution >= 0.6 is 0 Å². The van der Waals surface area contributed by atoms with Crippen molar-refractivity contribution < 1.29 is 0 Å². The van der Waals surface area contributed by atoms with E-state index in [2.05, 4.69) is 19.9 Å². The topological polar surface area (TPSA) is 93.0 Å². The predicted octanol–water partition coefficient (Wildman–Crippen LogP) is 4.93. The molecule has 2 aromatic carbocycles. The van der Waals surface area contributed by atoms with Gasteiger partial charge in [0.1, 0.15) is 11.6 Å². The van der Waals surface area contributed by atoms with Crippen molar-refractivity contribution in [3.8, 4) is 11.4 Å². The fraction of sp³-hybridized carbons (Fsp3) is 0.0400. The van der Waals surface area contributed by atoms with Gasteiger partial charge in [0.15, 0.2) is 0 Å². The summed E-state index contributed by atoms with van der Waals surface area (Å²) in [4.78, 5) is 24.3. The third-order valence-corrected chi connectivity index (χ3v) is 5.44. The van der Waals surface area contributed by atoms with Crippen LogP contribution in [0.4, 0.5) is 0 Å². The standard InChI is InChI=1S/C25H20N8/c1-17(12-25-29-21-6-4-19(14-23(21)31-25)33-11-9-27-16-33)2-7-24-28-20-5-3-18(13-22(20)30-24)32-10-8-26-15-32/h2-16H,1H3,(H,28,30)(H,29,31). The smallest absolute Gasteiger partial charge is 0.131 e. The molecule has 6 aromatic rings. The third-order valence-electron chi connectivity index (χ3n) is 5.44. The Morgan fingerprint density at radius 1 is 0.788 bits per heavy atom. The molecule has 0 saturated carbocycles. The lowest BCUT2D eigenvalue weighted by Gasteiger charge is -2.00. The summed E-state index contributed by atoms with van der Waals surface area (Å²) in [7, 11) is 0. The van der Waals surface area contributed by atoms with Crippen molar-refractivity contribution in [2.24, 2.45) is 0 Å². The molecule has 0 fully saturated rings. The van der Waals surface area contributed by atoms with Crippen molar-refractivity contribution in [2.75, 3.05) is 0 Å². The monoisotopic (exact) mass is 432 g/mol. The van der Waals surface area contributed by atoms with E-state index in [4.69, 9.17) is 9.97 Å². The quantitative estimate of drug-likeness (QED) is 0.378. The second kappa shape index (κ2) is 7.76. The Kier molecular flexibility index (Phi) is 4.47. The number of H-pyrrole nitrogens is 2. The molecule has 4 heterocycles. The van der Waals surface area contributed by atoms with Gasteiger partial charge in [-0.05, 0) is 61.0 Å². The average molecular weight is 432 g/mol. The number of aromatic amines is 2. The van der Waals surface area contributed by atoms with Crippen molar-refractivity contribution in [3.63, 3.8) is 0 Å². The Bertz CT molecular complexity index is 1610. The second-order valence-electron chi connectivity index (χ2n) is 7.81. The van der Waals surface area contributed by atoms with Crippen LogP contribution in [0.5, 0.6) is 0 Å². The minimum absolute atomic E-state index is 0.801. The molecule has 6 rings (SSSR count). The minimum atomic E-state index is 0.801. The lowest BCUT2D eigenvalue weighted by molar-refractivity contribution is 1.06. The van der Waals surface area contributed by atoms with Crippen molar-refractivity contribution >= 4 is 34.2 Å². The molecule has 0 aliphatic carbocycles. The van der Waals surface area contributed by atoms with Crippen LogP contribution in [-0.2, 0) is 0 Å². The summed E-state index contributed by atoms with van der Waals surface area (Å²) in [6, 6.07) is 12.2. The Balaban J connectivity index is 1.23. The number of nitrogens with zero attached hydrogens (tertiary/aromatic N) is 6. The van der Waals surface area contributed by atoms with E-state index in [1.165, 1.54) is 0 Å². The van der Waals surface area contributed by atoms with Gasteiger partial charge in [-0.2, -0.15) is 0 Å². The Morgan fingerprint density at radius 2 is 1.36 bits per heavy atom. The molecule has 4 aromatic heterocycles. The molecule has 0 spiro atoms. The van der Waals surface area contributed by atoms with E-state index in [1.807, 2.05) is 83.1 Å². The Labute approximate surface area is 189 Å². The maximum atomic E-state index is 4.72. The zero-order valence-electron chi connectivity index (χ0n) is 17.8. The molecule has 0 aliphatic heterocycles. The van der Waals surface area contributed by atoms with E-state index < -0.39 is 0 Å². The molecular weight excluding hydrogens is 412 g/mol. The van der Waals surface area contributed by atoms with E-state index in [-0.39, 0.29) is 0 Å². The number of hydrogen-bond donors (Lipinski definition) is 2. The maximum absolute atomic E-state index is 4.72.